The van der Waals surface area contributed by atoms with Crippen LogP contribution >= 0.6 is 0 Å². The maximum atomic E-state index is 10.6. The van der Waals surface area contributed by atoms with Crippen LogP contribution in [0.25, 0.3) is 0 Å². The minimum Gasteiger partial charge on any atom is -0.303 e. The minimum absolute atomic E-state index is 0.380. The van der Waals surface area contributed by atoms with Crippen molar-refractivity contribution in [2.24, 2.45) is 17.8 Å². The Labute approximate surface area is 69.2 Å². The maximum Gasteiger partial charge on any atom is 0.123 e. The highest BCUT2D eigenvalue weighted by Crippen LogP contribution is 2.38. The summed E-state index contributed by atoms with van der Waals surface area (Å²) in [4.78, 5) is 10.6. The van der Waals surface area contributed by atoms with E-state index in [1.807, 2.05) is 0 Å². The number of carbonyl (C=O) groups is 1. The Bertz CT molecular complexity index is 131. The highest BCUT2D eigenvalue weighted by Gasteiger charge is 2.31. The van der Waals surface area contributed by atoms with Crippen LogP contribution in [-0.4, -0.2) is 6.29 Å². The van der Waals surface area contributed by atoms with Crippen molar-refractivity contribution in [1.29, 1.82) is 0 Å². The molecule has 11 heavy (non-hydrogen) atoms. The van der Waals surface area contributed by atoms with Gasteiger partial charge in [0, 0.05) is 5.92 Å². The van der Waals surface area contributed by atoms with Crippen LogP contribution in [0.4, 0.5) is 0 Å². The maximum absolute atomic E-state index is 10.6. The van der Waals surface area contributed by atoms with Crippen molar-refractivity contribution in [3.8, 4) is 0 Å². The van der Waals surface area contributed by atoms with E-state index in [0.29, 0.717) is 11.8 Å². The third kappa shape index (κ3) is 1.82. The molecule has 0 aromatic heterocycles. The molecule has 1 nitrogen and oxygen atoms in total. The van der Waals surface area contributed by atoms with Crippen LogP contribution in [0, 0.1) is 17.8 Å². The van der Waals surface area contributed by atoms with E-state index >= 15 is 0 Å². The molecule has 1 fully saturated rings. The fourth-order valence-electron chi connectivity index (χ4n) is 2.25. The average molecular weight is 154 g/mol. The molecule has 0 bridgehead atoms. The standard InChI is InChI=1S/C10H18O/c1-3-8-5-9(4-2)10(6-8)7-11/h7-10H,3-6H2,1-2H3. The lowest BCUT2D eigenvalue weighted by atomic mass is 9.95. The summed E-state index contributed by atoms with van der Waals surface area (Å²) in [6, 6.07) is 0. The van der Waals surface area contributed by atoms with Gasteiger partial charge >= 0.3 is 0 Å². The molecule has 3 unspecified atom stereocenters. The van der Waals surface area contributed by atoms with Crippen LogP contribution < -0.4 is 0 Å². The van der Waals surface area contributed by atoms with E-state index in [0.717, 1.165) is 12.3 Å². The molecular formula is C10H18O. The Balaban J connectivity index is 2.47. The molecule has 1 aliphatic rings. The van der Waals surface area contributed by atoms with Crippen LogP contribution in [0.2, 0.25) is 0 Å². The second-order valence-corrected chi connectivity index (χ2v) is 3.71. The molecule has 0 aliphatic heterocycles. The van der Waals surface area contributed by atoms with E-state index in [1.54, 1.807) is 0 Å². The number of hydrogen-bond donors (Lipinski definition) is 0. The fourth-order valence-corrected chi connectivity index (χ4v) is 2.25. The molecule has 1 heteroatoms. The number of carbonyl (C=O) groups excluding carboxylic acids is 1. The van der Waals surface area contributed by atoms with Gasteiger partial charge in [0.25, 0.3) is 0 Å². The van der Waals surface area contributed by atoms with E-state index in [4.69, 9.17) is 0 Å². The van der Waals surface area contributed by atoms with Crippen LogP contribution in [0.5, 0.6) is 0 Å². The highest BCUT2D eigenvalue weighted by molar-refractivity contribution is 5.54. The summed E-state index contributed by atoms with van der Waals surface area (Å²) in [5.74, 6) is 1.90. The van der Waals surface area contributed by atoms with Gasteiger partial charge in [0.15, 0.2) is 0 Å². The number of rotatable bonds is 3. The van der Waals surface area contributed by atoms with Crippen molar-refractivity contribution >= 4 is 6.29 Å². The van der Waals surface area contributed by atoms with Gasteiger partial charge in [-0.2, -0.15) is 0 Å². The Morgan fingerprint density at radius 1 is 1.27 bits per heavy atom. The summed E-state index contributed by atoms with van der Waals surface area (Å²) in [7, 11) is 0. The molecule has 0 N–H and O–H groups in total. The molecule has 0 amide bonds. The Kier molecular flexibility index (Phi) is 3.10. The normalized spacial score (nSPS) is 37.5. The first kappa shape index (κ1) is 8.76. The third-order valence-electron chi connectivity index (χ3n) is 3.12. The van der Waals surface area contributed by atoms with Gasteiger partial charge in [-0.25, -0.2) is 0 Å². The SMILES string of the molecule is CCC1CC(C=O)C(CC)C1. The first-order valence-electron chi connectivity index (χ1n) is 4.77. The summed E-state index contributed by atoms with van der Waals surface area (Å²) < 4.78 is 0. The molecule has 1 rings (SSSR count). The van der Waals surface area contributed by atoms with E-state index in [1.165, 1.54) is 25.5 Å². The van der Waals surface area contributed by atoms with Crippen molar-refractivity contribution in [2.75, 3.05) is 0 Å². The summed E-state index contributed by atoms with van der Waals surface area (Å²) >= 11 is 0. The summed E-state index contributed by atoms with van der Waals surface area (Å²) in [5.41, 5.74) is 0. The van der Waals surface area contributed by atoms with Crippen LogP contribution in [-0.2, 0) is 4.79 Å². The first-order chi connectivity index (χ1) is 5.31. The van der Waals surface area contributed by atoms with E-state index in [2.05, 4.69) is 13.8 Å². The van der Waals surface area contributed by atoms with Crippen molar-refractivity contribution in [1.82, 2.24) is 0 Å². The van der Waals surface area contributed by atoms with Gasteiger partial charge in [-0.05, 0) is 24.7 Å². The van der Waals surface area contributed by atoms with Crippen molar-refractivity contribution in [3.05, 3.63) is 0 Å². The zero-order valence-electron chi connectivity index (χ0n) is 7.55. The average Bonchev–Trinajstić information content (AvgIpc) is 2.46. The summed E-state index contributed by atoms with van der Waals surface area (Å²) in [5, 5.41) is 0. The largest absolute Gasteiger partial charge is 0.303 e. The fraction of sp³-hybridized carbons (Fsp3) is 0.900. The molecule has 3 atom stereocenters. The van der Waals surface area contributed by atoms with Gasteiger partial charge in [0.2, 0.25) is 0 Å². The van der Waals surface area contributed by atoms with Crippen molar-refractivity contribution in [3.63, 3.8) is 0 Å². The van der Waals surface area contributed by atoms with Gasteiger partial charge in [-0.15, -0.1) is 0 Å². The van der Waals surface area contributed by atoms with Crippen molar-refractivity contribution < 1.29 is 4.79 Å². The molecule has 1 saturated carbocycles. The third-order valence-corrected chi connectivity index (χ3v) is 3.12. The van der Waals surface area contributed by atoms with E-state index in [-0.39, 0.29) is 0 Å². The Hall–Kier alpha value is -0.330. The first-order valence-corrected chi connectivity index (χ1v) is 4.77. The summed E-state index contributed by atoms with van der Waals surface area (Å²) in [6.45, 7) is 4.42. The van der Waals surface area contributed by atoms with Crippen molar-refractivity contribution in [2.45, 2.75) is 39.5 Å². The number of hydrogen-bond acceptors (Lipinski definition) is 1. The number of aldehydes is 1. The monoisotopic (exact) mass is 154 g/mol. The van der Waals surface area contributed by atoms with Crippen LogP contribution in [0.3, 0.4) is 0 Å². The molecular weight excluding hydrogens is 136 g/mol. The van der Waals surface area contributed by atoms with Crippen LogP contribution in [0.1, 0.15) is 39.5 Å². The Morgan fingerprint density at radius 2 is 2.00 bits per heavy atom. The second kappa shape index (κ2) is 3.89. The molecule has 64 valence electrons. The van der Waals surface area contributed by atoms with E-state index < -0.39 is 0 Å². The second-order valence-electron chi connectivity index (χ2n) is 3.71. The van der Waals surface area contributed by atoms with E-state index in [9.17, 15) is 4.79 Å². The zero-order chi connectivity index (χ0) is 8.27. The zero-order valence-corrected chi connectivity index (χ0v) is 7.55. The molecule has 0 aromatic carbocycles. The highest BCUT2D eigenvalue weighted by atomic mass is 16.1. The lowest BCUT2D eigenvalue weighted by molar-refractivity contribution is -0.112. The molecule has 1 aliphatic carbocycles. The lowest BCUT2D eigenvalue weighted by Gasteiger charge is -2.09. The molecule has 0 aromatic rings. The quantitative estimate of drug-likeness (QED) is 0.571. The van der Waals surface area contributed by atoms with Gasteiger partial charge in [0.05, 0.1) is 0 Å². The molecule has 0 saturated heterocycles. The topological polar surface area (TPSA) is 17.1 Å². The lowest BCUT2D eigenvalue weighted by Crippen LogP contribution is -2.06. The predicted molar refractivity (Wildman–Crippen MR) is 46.4 cm³/mol. The van der Waals surface area contributed by atoms with Crippen LogP contribution in [0.15, 0.2) is 0 Å². The molecule has 0 radical (unpaired) electrons. The minimum atomic E-state index is 0.380. The Morgan fingerprint density at radius 3 is 2.36 bits per heavy atom. The molecule has 0 heterocycles. The van der Waals surface area contributed by atoms with Gasteiger partial charge in [-0.1, -0.05) is 26.7 Å². The smallest absolute Gasteiger partial charge is 0.123 e. The summed E-state index contributed by atoms with van der Waals surface area (Å²) in [6.07, 6.45) is 6.04. The predicted octanol–water partition coefficient (Wildman–Crippen LogP) is 2.65. The van der Waals surface area contributed by atoms with Gasteiger partial charge in [-0.3, -0.25) is 0 Å². The van der Waals surface area contributed by atoms with Gasteiger partial charge in [0.1, 0.15) is 6.29 Å². The van der Waals surface area contributed by atoms with Gasteiger partial charge < -0.3 is 4.79 Å². The molecule has 0 spiro atoms.